The molecule has 17 heavy (non-hydrogen) atoms. The fraction of sp³-hybridized carbons (Fsp3) is 0. The van der Waals surface area contributed by atoms with Gasteiger partial charge in [0.15, 0.2) is 0 Å². The van der Waals surface area contributed by atoms with Gasteiger partial charge in [0.2, 0.25) is 0 Å². The monoisotopic (exact) mass is 252 g/mol. The molecule has 86 valence electrons. The zero-order valence-corrected chi connectivity index (χ0v) is 9.15. The minimum Gasteiger partial charge on any atom is -0.478 e. The number of aromatic carboxylic acids is 1. The fourth-order valence-corrected chi connectivity index (χ4v) is 1.49. The smallest absolute Gasteiger partial charge is 0.335 e. The third-order valence-corrected chi connectivity index (χ3v) is 2.23. The van der Waals surface area contributed by atoms with Gasteiger partial charge in [-0.05, 0) is 18.2 Å². The van der Waals surface area contributed by atoms with E-state index in [2.05, 4.69) is 9.97 Å². The summed E-state index contributed by atoms with van der Waals surface area (Å²) >= 11 is 5.65. The highest BCUT2D eigenvalue weighted by atomic mass is 35.5. The lowest BCUT2D eigenvalue weighted by molar-refractivity contribution is 0.0696. The van der Waals surface area contributed by atoms with Crippen LogP contribution in [0.2, 0.25) is 5.15 Å². The number of aromatic nitrogens is 2. The standard InChI is InChI=1S/C11H6ClFN2O2/c12-10-5-14-4-9(15-10)6-1-7(11(16)17)3-8(13)2-6/h1-5H,(H,16,17). The molecule has 0 unspecified atom stereocenters. The Hall–Kier alpha value is -2.01. The number of carbonyl (C=O) groups is 1. The molecule has 0 radical (unpaired) electrons. The lowest BCUT2D eigenvalue weighted by Gasteiger charge is -2.03. The van der Waals surface area contributed by atoms with Crippen molar-refractivity contribution in [3.8, 4) is 11.3 Å². The van der Waals surface area contributed by atoms with Crippen LogP contribution in [0, 0.1) is 5.82 Å². The first-order valence-electron chi connectivity index (χ1n) is 4.58. The molecule has 2 aromatic rings. The maximum Gasteiger partial charge on any atom is 0.335 e. The van der Waals surface area contributed by atoms with E-state index >= 15 is 0 Å². The Bertz CT molecular complexity index is 589. The van der Waals surface area contributed by atoms with E-state index in [0.717, 1.165) is 6.07 Å². The SMILES string of the molecule is O=C(O)c1cc(F)cc(-c2cncc(Cl)n2)c1. The van der Waals surface area contributed by atoms with Crippen LogP contribution < -0.4 is 0 Å². The first-order valence-corrected chi connectivity index (χ1v) is 4.96. The number of hydrogen-bond donors (Lipinski definition) is 1. The lowest BCUT2D eigenvalue weighted by Crippen LogP contribution is -1.98. The normalized spacial score (nSPS) is 10.2. The van der Waals surface area contributed by atoms with Gasteiger partial charge in [-0.3, -0.25) is 4.98 Å². The lowest BCUT2D eigenvalue weighted by atomic mass is 10.1. The van der Waals surface area contributed by atoms with E-state index in [1.54, 1.807) is 0 Å². The van der Waals surface area contributed by atoms with Crippen LogP contribution in [-0.4, -0.2) is 21.0 Å². The molecule has 6 heteroatoms. The van der Waals surface area contributed by atoms with Crippen LogP contribution >= 0.6 is 11.6 Å². The summed E-state index contributed by atoms with van der Waals surface area (Å²) in [6.45, 7) is 0. The topological polar surface area (TPSA) is 63.1 Å². The van der Waals surface area contributed by atoms with Crippen LogP contribution in [0.25, 0.3) is 11.3 Å². The summed E-state index contributed by atoms with van der Waals surface area (Å²) in [7, 11) is 0. The van der Waals surface area contributed by atoms with Crippen molar-refractivity contribution in [3.05, 3.63) is 47.1 Å². The fourth-order valence-electron chi connectivity index (χ4n) is 1.34. The van der Waals surface area contributed by atoms with Gasteiger partial charge in [-0.15, -0.1) is 0 Å². The van der Waals surface area contributed by atoms with Crippen LogP contribution in [0.1, 0.15) is 10.4 Å². The molecule has 0 bridgehead atoms. The summed E-state index contributed by atoms with van der Waals surface area (Å²) < 4.78 is 13.2. The second-order valence-electron chi connectivity index (χ2n) is 3.26. The Kier molecular flexibility index (Phi) is 3.01. The van der Waals surface area contributed by atoms with Crippen molar-refractivity contribution in [3.63, 3.8) is 0 Å². The van der Waals surface area contributed by atoms with Gasteiger partial charge in [-0.1, -0.05) is 11.6 Å². The maximum absolute atomic E-state index is 13.2. The third-order valence-electron chi connectivity index (χ3n) is 2.05. The number of carboxylic acids is 1. The highest BCUT2D eigenvalue weighted by Gasteiger charge is 2.09. The largest absolute Gasteiger partial charge is 0.478 e. The van der Waals surface area contributed by atoms with E-state index in [1.807, 2.05) is 0 Å². The van der Waals surface area contributed by atoms with Gasteiger partial charge in [0.1, 0.15) is 11.0 Å². The van der Waals surface area contributed by atoms with E-state index < -0.39 is 11.8 Å². The average Bonchev–Trinajstić information content (AvgIpc) is 2.28. The highest BCUT2D eigenvalue weighted by Crippen LogP contribution is 2.20. The zero-order valence-electron chi connectivity index (χ0n) is 8.39. The highest BCUT2D eigenvalue weighted by molar-refractivity contribution is 6.29. The molecule has 1 N–H and O–H groups in total. The van der Waals surface area contributed by atoms with Crippen molar-refractivity contribution >= 4 is 17.6 Å². The molecule has 0 amide bonds. The van der Waals surface area contributed by atoms with Crippen LogP contribution in [0.15, 0.2) is 30.6 Å². The summed E-state index contributed by atoms with van der Waals surface area (Å²) in [6.07, 6.45) is 2.72. The van der Waals surface area contributed by atoms with Gasteiger partial charge in [0.05, 0.1) is 23.7 Å². The summed E-state index contributed by atoms with van der Waals surface area (Å²) in [5.41, 5.74) is 0.485. The Labute approximate surface area is 101 Å². The number of carboxylic acid groups (broad SMARTS) is 1. The van der Waals surface area contributed by atoms with Gasteiger partial charge in [-0.2, -0.15) is 0 Å². The summed E-state index contributed by atoms with van der Waals surface area (Å²) in [4.78, 5) is 18.5. The molecular weight excluding hydrogens is 247 g/mol. The summed E-state index contributed by atoms with van der Waals surface area (Å²) in [5, 5.41) is 8.96. The van der Waals surface area contributed by atoms with Crippen LogP contribution in [0.5, 0.6) is 0 Å². The first-order chi connectivity index (χ1) is 8.06. The predicted molar refractivity (Wildman–Crippen MR) is 59.4 cm³/mol. The molecule has 2 rings (SSSR count). The van der Waals surface area contributed by atoms with E-state index in [1.165, 1.54) is 24.5 Å². The molecule has 0 fully saturated rings. The van der Waals surface area contributed by atoms with E-state index in [-0.39, 0.29) is 10.7 Å². The molecule has 1 aromatic heterocycles. The Morgan fingerprint density at radius 1 is 1.29 bits per heavy atom. The quantitative estimate of drug-likeness (QED) is 0.892. The van der Waals surface area contributed by atoms with Gasteiger partial charge in [-0.25, -0.2) is 14.2 Å². The van der Waals surface area contributed by atoms with E-state index in [9.17, 15) is 9.18 Å². The van der Waals surface area contributed by atoms with Crippen molar-refractivity contribution in [2.24, 2.45) is 0 Å². The van der Waals surface area contributed by atoms with Crippen LogP contribution in [-0.2, 0) is 0 Å². The second-order valence-corrected chi connectivity index (χ2v) is 3.65. The molecule has 0 aliphatic carbocycles. The molecule has 0 saturated heterocycles. The minimum atomic E-state index is -1.21. The van der Waals surface area contributed by atoms with Gasteiger partial charge >= 0.3 is 5.97 Å². The molecule has 0 saturated carbocycles. The maximum atomic E-state index is 13.2. The molecule has 0 aliphatic rings. The average molecular weight is 253 g/mol. The van der Waals surface area contributed by atoms with Gasteiger partial charge in [0.25, 0.3) is 0 Å². The number of nitrogens with zero attached hydrogens (tertiary/aromatic N) is 2. The molecule has 4 nitrogen and oxygen atoms in total. The summed E-state index contributed by atoms with van der Waals surface area (Å²) in [6, 6.07) is 3.42. The minimum absolute atomic E-state index is 0.151. The molecule has 0 spiro atoms. The predicted octanol–water partition coefficient (Wildman–Crippen LogP) is 2.63. The first kappa shape index (κ1) is 11.5. The van der Waals surface area contributed by atoms with Crippen molar-refractivity contribution in [1.82, 2.24) is 9.97 Å². The third kappa shape index (κ3) is 2.57. The van der Waals surface area contributed by atoms with Crippen molar-refractivity contribution < 1.29 is 14.3 Å². The molecule has 0 aliphatic heterocycles. The number of rotatable bonds is 2. The second kappa shape index (κ2) is 4.47. The van der Waals surface area contributed by atoms with Gasteiger partial charge in [0, 0.05) is 5.56 Å². The Balaban J connectivity index is 2.56. The Morgan fingerprint density at radius 3 is 2.71 bits per heavy atom. The van der Waals surface area contributed by atoms with Crippen molar-refractivity contribution in [2.45, 2.75) is 0 Å². The summed E-state index contributed by atoms with van der Waals surface area (Å²) in [5.74, 6) is -1.86. The molecule has 1 aromatic carbocycles. The van der Waals surface area contributed by atoms with Crippen LogP contribution in [0.3, 0.4) is 0 Å². The number of benzene rings is 1. The van der Waals surface area contributed by atoms with Crippen molar-refractivity contribution in [2.75, 3.05) is 0 Å². The Morgan fingerprint density at radius 2 is 2.06 bits per heavy atom. The number of hydrogen-bond acceptors (Lipinski definition) is 3. The van der Waals surface area contributed by atoms with Crippen LogP contribution in [0.4, 0.5) is 4.39 Å². The van der Waals surface area contributed by atoms with E-state index in [4.69, 9.17) is 16.7 Å². The van der Waals surface area contributed by atoms with Gasteiger partial charge < -0.3 is 5.11 Å². The molecular formula is C11H6ClFN2O2. The van der Waals surface area contributed by atoms with E-state index in [0.29, 0.717) is 11.3 Å². The molecule has 1 heterocycles. The number of halogens is 2. The molecule has 0 atom stereocenters. The zero-order chi connectivity index (χ0) is 12.4. The van der Waals surface area contributed by atoms with Crippen molar-refractivity contribution in [1.29, 1.82) is 0 Å².